The van der Waals surface area contributed by atoms with Gasteiger partial charge in [0.05, 0.1) is 5.69 Å². The molecule has 152 valence electrons. The fourth-order valence-electron chi connectivity index (χ4n) is 3.59. The molecule has 30 heavy (non-hydrogen) atoms. The molecule has 1 N–H and O–H groups in total. The topological polar surface area (TPSA) is 58.6 Å². The van der Waals surface area contributed by atoms with Gasteiger partial charge in [-0.3, -0.25) is 9.59 Å². The number of hydrogen-bond acceptors (Lipinski definition) is 3. The summed E-state index contributed by atoms with van der Waals surface area (Å²) in [6.45, 7) is 4.27. The third kappa shape index (κ3) is 4.20. The summed E-state index contributed by atoms with van der Waals surface area (Å²) in [4.78, 5) is 27.0. The average molecular weight is 400 g/mol. The predicted octanol–water partition coefficient (Wildman–Crippen LogP) is 4.60. The summed E-state index contributed by atoms with van der Waals surface area (Å²) in [6.07, 6.45) is 0.181. The molecule has 0 saturated carbocycles. The zero-order valence-electron chi connectivity index (χ0n) is 17.1. The average Bonchev–Trinajstić information content (AvgIpc) is 2.75. The van der Waals surface area contributed by atoms with Gasteiger partial charge in [0.1, 0.15) is 5.75 Å². The zero-order valence-corrected chi connectivity index (χ0v) is 17.1. The standard InChI is InChI=1S/C25H24N2O3/c1-17-7-6-10-20(15-17)24(28)26-21-11-12-22-23(16-21)30-18(2)25(29)27(22)14-13-19-8-4-3-5-9-19/h3-12,15-16,18H,13-14H2,1-2H3,(H,26,28). The van der Waals surface area contributed by atoms with Crippen LogP contribution in [0.15, 0.2) is 72.8 Å². The van der Waals surface area contributed by atoms with Crippen molar-refractivity contribution in [1.29, 1.82) is 0 Å². The van der Waals surface area contributed by atoms with Gasteiger partial charge in [0.25, 0.3) is 11.8 Å². The summed E-state index contributed by atoms with van der Waals surface area (Å²) < 4.78 is 5.83. The maximum absolute atomic E-state index is 12.7. The Balaban J connectivity index is 1.54. The minimum atomic E-state index is -0.573. The predicted molar refractivity (Wildman–Crippen MR) is 118 cm³/mol. The molecule has 1 aliphatic heterocycles. The van der Waals surface area contributed by atoms with E-state index in [2.05, 4.69) is 17.4 Å². The maximum Gasteiger partial charge on any atom is 0.267 e. The molecule has 0 fully saturated rings. The van der Waals surface area contributed by atoms with Crippen LogP contribution in [0.3, 0.4) is 0 Å². The second kappa shape index (κ2) is 8.41. The number of nitrogens with one attached hydrogen (secondary N) is 1. The number of rotatable bonds is 5. The Bertz CT molecular complexity index is 1080. The van der Waals surface area contributed by atoms with Gasteiger partial charge >= 0.3 is 0 Å². The van der Waals surface area contributed by atoms with E-state index >= 15 is 0 Å². The number of ether oxygens (including phenoxy) is 1. The van der Waals surface area contributed by atoms with Gasteiger partial charge in [-0.2, -0.15) is 0 Å². The molecule has 0 bridgehead atoms. The molecule has 0 radical (unpaired) electrons. The van der Waals surface area contributed by atoms with E-state index in [-0.39, 0.29) is 11.8 Å². The maximum atomic E-state index is 12.7. The summed E-state index contributed by atoms with van der Waals surface area (Å²) in [5.41, 5.74) is 4.15. The van der Waals surface area contributed by atoms with Crippen LogP contribution in [-0.4, -0.2) is 24.5 Å². The van der Waals surface area contributed by atoms with Gasteiger partial charge in [0.15, 0.2) is 6.10 Å². The first-order valence-electron chi connectivity index (χ1n) is 10.1. The highest BCUT2D eigenvalue weighted by atomic mass is 16.5. The first kappa shape index (κ1) is 19.7. The lowest BCUT2D eigenvalue weighted by Crippen LogP contribution is -2.45. The Kier molecular flexibility index (Phi) is 5.53. The third-order valence-electron chi connectivity index (χ3n) is 5.17. The van der Waals surface area contributed by atoms with E-state index in [1.807, 2.05) is 49.4 Å². The molecule has 1 unspecified atom stereocenters. The number of benzene rings is 3. The van der Waals surface area contributed by atoms with Crippen LogP contribution in [0.25, 0.3) is 0 Å². The van der Waals surface area contributed by atoms with E-state index in [0.717, 1.165) is 17.7 Å². The van der Waals surface area contributed by atoms with E-state index < -0.39 is 6.10 Å². The summed E-state index contributed by atoms with van der Waals surface area (Å²) in [7, 11) is 0. The van der Waals surface area contributed by atoms with Crippen LogP contribution in [0, 0.1) is 6.92 Å². The molecule has 5 heteroatoms. The SMILES string of the molecule is Cc1cccc(C(=O)Nc2ccc3c(c2)OC(C)C(=O)N3CCc2ccccc2)c1. The number of anilines is 2. The molecule has 5 nitrogen and oxygen atoms in total. The summed E-state index contributed by atoms with van der Waals surface area (Å²) in [5, 5.41) is 2.91. The molecule has 0 aromatic heterocycles. The Labute approximate surface area is 176 Å². The summed E-state index contributed by atoms with van der Waals surface area (Å²) in [6, 6.07) is 22.9. The molecule has 2 amide bonds. The molecule has 1 heterocycles. The fraction of sp³-hybridized carbons (Fsp3) is 0.200. The van der Waals surface area contributed by atoms with Gasteiger partial charge in [0, 0.05) is 23.9 Å². The number of aryl methyl sites for hydroxylation is 1. The normalized spacial score (nSPS) is 15.3. The Morgan fingerprint density at radius 3 is 2.60 bits per heavy atom. The van der Waals surface area contributed by atoms with Crippen LogP contribution in [0.5, 0.6) is 5.75 Å². The van der Waals surface area contributed by atoms with Gasteiger partial charge in [-0.05, 0) is 50.1 Å². The highest BCUT2D eigenvalue weighted by Crippen LogP contribution is 2.36. The van der Waals surface area contributed by atoms with Crippen LogP contribution in [0.1, 0.15) is 28.4 Å². The number of hydrogen-bond donors (Lipinski definition) is 1. The van der Waals surface area contributed by atoms with Crippen molar-refractivity contribution < 1.29 is 14.3 Å². The van der Waals surface area contributed by atoms with Crippen LogP contribution in [-0.2, 0) is 11.2 Å². The van der Waals surface area contributed by atoms with Gasteiger partial charge in [-0.15, -0.1) is 0 Å². The van der Waals surface area contributed by atoms with E-state index in [1.165, 1.54) is 5.56 Å². The first-order chi connectivity index (χ1) is 14.5. The molecular formula is C25H24N2O3. The largest absolute Gasteiger partial charge is 0.479 e. The van der Waals surface area contributed by atoms with Crippen LogP contribution in [0.4, 0.5) is 11.4 Å². The molecule has 1 aliphatic rings. The van der Waals surface area contributed by atoms with Crippen molar-refractivity contribution in [3.8, 4) is 5.75 Å². The molecule has 0 spiro atoms. The summed E-state index contributed by atoms with van der Waals surface area (Å²) >= 11 is 0. The highest BCUT2D eigenvalue weighted by Gasteiger charge is 2.31. The monoisotopic (exact) mass is 400 g/mol. The first-order valence-corrected chi connectivity index (χ1v) is 10.1. The number of fused-ring (bicyclic) bond motifs is 1. The lowest BCUT2D eigenvalue weighted by Gasteiger charge is -2.33. The van der Waals surface area contributed by atoms with E-state index in [9.17, 15) is 9.59 Å². The molecular weight excluding hydrogens is 376 g/mol. The molecule has 3 aromatic rings. The Hall–Kier alpha value is -3.60. The molecule has 1 atom stereocenters. The number of amides is 2. The van der Waals surface area contributed by atoms with Crippen molar-refractivity contribution in [3.63, 3.8) is 0 Å². The lowest BCUT2D eigenvalue weighted by molar-refractivity contribution is -0.125. The second-order valence-electron chi connectivity index (χ2n) is 7.49. The van der Waals surface area contributed by atoms with E-state index in [0.29, 0.717) is 23.5 Å². The zero-order chi connectivity index (χ0) is 21.1. The van der Waals surface area contributed by atoms with Gasteiger partial charge in [0.2, 0.25) is 0 Å². The van der Waals surface area contributed by atoms with Gasteiger partial charge in [-0.1, -0.05) is 48.0 Å². The number of nitrogens with zero attached hydrogens (tertiary/aromatic N) is 1. The van der Waals surface area contributed by atoms with Gasteiger partial charge < -0.3 is 15.0 Å². The molecule has 4 rings (SSSR count). The van der Waals surface area contributed by atoms with Crippen molar-refractivity contribution in [3.05, 3.63) is 89.5 Å². The second-order valence-corrected chi connectivity index (χ2v) is 7.49. The van der Waals surface area contributed by atoms with Gasteiger partial charge in [-0.25, -0.2) is 0 Å². The highest BCUT2D eigenvalue weighted by molar-refractivity contribution is 6.05. The van der Waals surface area contributed by atoms with Crippen LogP contribution in [0.2, 0.25) is 0 Å². The van der Waals surface area contributed by atoms with Crippen molar-refractivity contribution in [2.24, 2.45) is 0 Å². The smallest absolute Gasteiger partial charge is 0.267 e. The van der Waals surface area contributed by atoms with Crippen molar-refractivity contribution in [2.75, 3.05) is 16.8 Å². The van der Waals surface area contributed by atoms with Crippen LogP contribution >= 0.6 is 0 Å². The van der Waals surface area contributed by atoms with Crippen molar-refractivity contribution in [2.45, 2.75) is 26.4 Å². The Morgan fingerprint density at radius 2 is 1.83 bits per heavy atom. The Morgan fingerprint density at radius 1 is 1.03 bits per heavy atom. The van der Waals surface area contributed by atoms with E-state index in [4.69, 9.17) is 4.74 Å². The van der Waals surface area contributed by atoms with Crippen molar-refractivity contribution in [1.82, 2.24) is 0 Å². The fourth-order valence-corrected chi connectivity index (χ4v) is 3.59. The molecule has 0 saturated heterocycles. The minimum Gasteiger partial charge on any atom is -0.479 e. The van der Waals surface area contributed by atoms with Crippen LogP contribution < -0.4 is 15.0 Å². The third-order valence-corrected chi connectivity index (χ3v) is 5.17. The molecule has 0 aliphatic carbocycles. The minimum absolute atomic E-state index is 0.0602. The number of carbonyl (C=O) groups is 2. The number of carbonyl (C=O) groups excluding carboxylic acids is 2. The summed E-state index contributed by atoms with van der Waals surface area (Å²) in [5.74, 6) is 0.353. The van der Waals surface area contributed by atoms with E-state index in [1.54, 1.807) is 30.0 Å². The quantitative estimate of drug-likeness (QED) is 0.681. The van der Waals surface area contributed by atoms with Crippen molar-refractivity contribution >= 4 is 23.2 Å². The molecule has 3 aromatic carbocycles. The lowest BCUT2D eigenvalue weighted by atomic mass is 10.1.